The van der Waals surface area contributed by atoms with Gasteiger partial charge in [-0.15, -0.1) is 0 Å². The van der Waals surface area contributed by atoms with Gasteiger partial charge < -0.3 is 15.0 Å². The zero-order chi connectivity index (χ0) is 9.84. The van der Waals surface area contributed by atoms with E-state index in [1.165, 1.54) is 0 Å². The van der Waals surface area contributed by atoms with Gasteiger partial charge in [0.05, 0.1) is 18.7 Å². The fourth-order valence-corrected chi connectivity index (χ4v) is 1.74. The van der Waals surface area contributed by atoms with E-state index in [9.17, 15) is 4.79 Å². The van der Waals surface area contributed by atoms with Crippen LogP contribution in [-0.2, 0) is 9.53 Å². The molecule has 0 aliphatic carbocycles. The Balaban J connectivity index is 2.49. The molecule has 0 radical (unpaired) electrons. The summed E-state index contributed by atoms with van der Waals surface area (Å²) in [6.07, 6.45) is 0.906. The molecular weight excluding hydrogens is 168 g/mol. The fraction of sp³-hybridized carbons (Fsp3) is 0.889. The van der Waals surface area contributed by atoms with Crippen molar-refractivity contribution < 1.29 is 9.53 Å². The molecule has 4 nitrogen and oxygen atoms in total. The lowest BCUT2D eigenvalue weighted by molar-refractivity contribution is -0.131. The third-order valence-corrected chi connectivity index (χ3v) is 2.53. The number of ether oxygens (including phenoxy) is 1. The van der Waals surface area contributed by atoms with Crippen molar-refractivity contribution >= 4 is 5.91 Å². The first-order valence-electron chi connectivity index (χ1n) is 4.67. The van der Waals surface area contributed by atoms with Gasteiger partial charge in [0.15, 0.2) is 0 Å². The van der Waals surface area contributed by atoms with Gasteiger partial charge in [-0.25, -0.2) is 0 Å². The van der Waals surface area contributed by atoms with Crippen LogP contribution >= 0.6 is 0 Å². The minimum absolute atomic E-state index is 0.0132. The summed E-state index contributed by atoms with van der Waals surface area (Å²) in [5.41, 5.74) is 0. The van der Waals surface area contributed by atoms with E-state index in [1.807, 2.05) is 18.9 Å². The summed E-state index contributed by atoms with van der Waals surface area (Å²) in [5, 5.41) is 3.01. The predicted molar refractivity (Wildman–Crippen MR) is 50.5 cm³/mol. The molecule has 2 unspecified atom stereocenters. The molecule has 1 fully saturated rings. The van der Waals surface area contributed by atoms with Crippen LogP contribution in [0.25, 0.3) is 0 Å². The number of carbonyl (C=O) groups excluding carboxylic acids is 1. The topological polar surface area (TPSA) is 41.6 Å². The lowest BCUT2D eigenvalue weighted by Gasteiger charge is -2.23. The van der Waals surface area contributed by atoms with E-state index < -0.39 is 0 Å². The Kier molecular flexibility index (Phi) is 3.69. The summed E-state index contributed by atoms with van der Waals surface area (Å²) in [6, 6.07) is 0.204. The van der Waals surface area contributed by atoms with E-state index in [2.05, 4.69) is 5.32 Å². The van der Waals surface area contributed by atoms with Gasteiger partial charge in [0.25, 0.3) is 0 Å². The Bertz CT molecular complexity index is 184. The Labute approximate surface area is 79.2 Å². The summed E-state index contributed by atoms with van der Waals surface area (Å²) in [6.45, 7) is 3.47. The molecule has 2 atom stereocenters. The largest absolute Gasteiger partial charge is 0.383 e. The van der Waals surface area contributed by atoms with Crippen LogP contribution in [0.5, 0.6) is 0 Å². The molecule has 0 aromatic heterocycles. The Morgan fingerprint density at radius 1 is 1.77 bits per heavy atom. The minimum Gasteiger partial charge on any atom is -0.383 e. The van der Waals surface area contributed by atoms with E-state index in [4.69, 9.17) is 4.74 Å². The van der Waals surface area contributed by atoms with Crippen molar-refractivity contribution in [2.24, 2.45) is 0 Å². The maximum atomic E-state index is 11.7. The van der Waals surface area contributed by atoms with Gasteiger partial charge in [0.2, 0.25) is 5.91 Å². The van der Waals surface area contributed by atoms with E-state index in [0.29, 0.717) is 6.61 Å². The first kappa shape index (κ1) is 10.5. The number of amides is 1. The van der Waals surface area contributed by atoms with Crippen LogP contribution < -0.4 is 5.32 Å². The number of hydrogen-bond donors (Lipinski definition) is 1. The number of rotatable bonds is 4. The van der Waals surface area contributed by atoms with Gasteiger partial charge in [0.1, 0.15) is 0 Å². The van der Waals surface area contributed by atoms with Crippen LogP contribution in [0.15, 0.2) is 0 Å². The SMILES string of the molecule is CNC1CCN(C(C)COC)C1=O. The van der Waals surface area contributed by atoms with Gasteiger partial charge in [-0.2, -0.15) is 0 Å². The van der Waals surface area contributed by atoms with E-state index in [-0.39, 0.29) is 18.0 Å². The van der Waals surface area contributed by atoms with Gasteiger partial charge >= 0.3 is 0 Å². The maximum absolute atomic E-state index is 11.7. The molecule has 1 N–H and O–H groups in total. The molecule has 1 aliphatic rings. The number of carbonyl (C=O) groups is 1. The zero-order valence-electron chi connectivity index (χ0n) is 8.54. The van der Waals surface area contributed by atoms with Gasteiger partial charge in [-0.1, -0.05) is 0 Å². The number of hydrogen-bond acceptors (Lipinski definition) is 3. The van der Waals surface area contributed by atoms with Crippen molar-refractivity contribution in [3.63, 3.8) is 0 Å². The molecular formula is C9H18N2O2. The Morgan fingerprint density at radius 2 is 2.46 bits per heavy atom. The third kappa shape index (κ3) is 2.19. The van der Waals surface area contributed by atoms with Crippen LogP contribution in [-0.4, -0.2) is 50.2 Å². The van der Waals surface area contributed by atoms with Gasteiger partial charge in [-0.3, -0.25) is 4.79 Å². The highest BCUT2D eigenvalue weighted by Gasteiger charge is 2.32. The van der Waals surface area contributed by atoms with Crippen molar-refractivity contribution in [1.29, 1.82) is 0 Å². The second-order valence-electron chi connectivity index (χ2n) is 3.47. The second kappa shape index (κ2) is 4.58. The fourth-order valence-electron chi connectivity index (χ4n) is 1.74. The molecule has 1 rings (SSSR count). The number of methoxy groups -OCH3 is 1. The highest BCUT2D eigenvalue weighted by atomic mass is 16.5. The van der Waals surface area contributed by atoms with Crippen molar-refractivity contribution in [3.05, 3.63) is 0 Å². The van der Waals surface area contributed by atoms with Gasteiger partial charge in [-0.05, 0) is 20.4 Å². The highest BCUT2D eigenvalue weighted by Crippen LogP contribution is 2.14. The quantitative estimate of drug-likeness (QED) is 0.663. The molecule has 0 spiro atoms. The van der Waals surface area contributed by atoms with Crippen molar-refractivity contribution in [1.82, 2.24) is 10.2 Å². The van der Waals surface area contributed by atoms with E-state index in [0.717, 1.165) is 13.0 Å². The van der Waals surface area contributed by atoms with Gasteiger partial charge in [0, 0.05) is 13.7 Å². The first-order valence-corrected chi connectivity index (χ1v) is 4.67. The number of nitrogens with one attached hydrogen (secondary N) is 1. The average molecular weight is 186 g/mol. The summed E-state index contributed by atoms with van der Waals surface area (Å²) in [7, 11) is 3.49. The van der Waals surface area contributed by atoms with Crippen molar-refractivity contribution in [2.45, 2.75) is 25.4 Å². The molecule has 4 heteroatoms. The summed E-state index contributed by atoms with van der Waals surface area (Å²) < 4.78 is 5.02. The molecule has 13 heavy (non-hydrogen) atoms. The third-order valence-electron chi connectivity index (χ3n) is 2.53. The molecule has 76 valence electrons. The van der Waals surface area contributed by atoms with Crippen LogP contribution in [0, 0.1) is 0 Å². The Hall–Kier alpha value is -0.610. The molecule has 0 aromatic rings. The lowest BCUT2D eigenvalue weighted by atomic mass is 10.2. The normalized spacial score (nSPS) is 25.3. The monoisotopic (exact) mass is 186 g/mol. The summed E-state index contributed by atoms with van der Waals surface area (Å²) >= 11 is 0. The van der Waals surface area contributed by atoms with E-state index in [1.54, 1.807) is 7.11 Å². The smallest absolute Gasteiger partial charge is 0.240 e. The molecule has 1 amide bonds. The first-order chi connectivity index (χ1) is 6.20. The highest BCUT2D eigenvalue weighted by molar-refractivity contribution is 5.84. The van der Waals surface area contributed by atoms with Crippen LogP contribution in [0.4, 0.5) is 0 Å². The number of likely N-dealkylation sites (tertiary alicyclic amines) is 1. The molecule has 0 saturated carbocycles. The Morgan fingerprint density at radius 3 is 2.92 bits per heavy atom. The van der Waals surface area contributed by atoms with Crippen molar-refractivity contribution in [3.8, 4) is 0 Å². The summed E-state index contributed by atoms with van der Waals surface area (Å²) in [5.74, 6) is 0.201. The van der Waals surface area contributed by atoms with Crippen LogP contribution in [0.1, 0.15) is 13.3 Å². The molecule has 0 aromatic carbocycles. The average Bonchev–Trinajstić information content (AvgIpc) is 2.47. The number of nitrogens with zero attached hydrogens (tertiary/aromatic N) is 1. The lowest BCUT2D eigenvalue weighted by Crippen LogP contribution is -2.42. The molecule has 1 saturated heterocycles. The predicted octanol–water partition coefficient (Wildman–Crippen LogP) is -0.158. The van der Waals surface area contributed by atoms with Crippen molar-refractivity contribution in [2.75, 3.05) is 27.3 Å². The number of likely N-dealkylation sites (N-methyl/N-ethyl adjacent to an activating group) is 1. The van der Waals surface area contributed by atoms with E-state index >= 15 is 0 Å². The second-order valence-corrected chi connectivity index (χ2v) is 3.47. The van der Waals surface area contributed by atoms with Crippen LogP contribution in [0.2, 0.25) is 0 Å². The molecule has 1 aliphatic heterocycles. The minimum atomic E-state index is 0.0132. The standard InChI is InChI=1S/C9H18N2O2/c1-7(6-13-3)11-5-4-8(10-2)9(11)12/h7-8,10H,4-6H2,1-3H3. The molecule has 1 heterocycles. The zero-order valence-corrected chi connectivity index (χ0v) is 8.54. The maximum Gasteiger partial charge on any atom is 0.240 e. The van der Waals surface area contributed by atoms with Crippen LogP contribution in [0.3, 0.4) is 0 Å². The molecule has 0 bridgehead atoms. The summed E-state index contributed by atoms with van der Waals surface area (Å²) in [4.78, 5) is 13.5.